The van der Waals surface area contributed by atoms with Crippen LogP contribution in [0.15, 0.2) is 18.3 Å². The van der Waals surface area contributed by atoms with Gasteiger partial charge in [0.25, 0.3) is 0 Å². The molecule has 2 aromatic rings. The second-order valence-corrected chi connectivity index (χ2v) is 12.0. The molecule has 2 N–H and O–H groups in total. The maximum atomic E-state index is 14.0. The summed E-state index contributed by atoms with van der Waals surface area (Å²) >= 11 is 0.553. The minimum Gasteiger partial charge on any atom is -0.480 e. The van der Waals surface area contributed by atoms with Crippen LogP contribution in [0.4, 0.5) is 22.0 Å². The van der Waals surface area contributed by atoms with Crippen molar-refractivity contribution in [1.29, 1.82) is 0 Å². The van der Waals surface area contributed by atoms with E-state index in [9.17, 15) is 46.5 Å². The molecule has 12 nitrogen and oxygen atoms in total. The van der Waals surface area contributed by atoms with E-state index in [0.29, 0.717) is 23.9 Å². The molecule has 1 aliphatic heterocycles. The van der Waals surface area contributed by atoms with Crippen molar-refractivity contribution in [2.24, 2.45) is 0 Å². The molecule has 0 amide bonds. The number of carboxylic acids is 1. The first-order chi connectivity index (χ1) is 21.0. The van der Waals surface area contributed by atoms with Crippen LogP contribution in [0.3, 0.4) is 0 Å². The number of aliphatic hydroxyl groups is 1. The fraction of sp³-hybridized carbons (Fsp3) is 0.593. The number of carbonyl (C=O) groups excluding carboxylic acids is 2. The van der Waals surface area contributed by atoms with Gasteiger partial charge in [0.1, 0.15) is 41.2 Å². The van der Waals surface area contributed by atoms with Gasteiger partial charge in [-0.05, 0) is 25.0 Å². The van der Waals surface area contributed by atoms with E-state index >= 15 is 0 Å². The van der Waals surface area contributed by atoms with E-state index < -0.39 is 114 Å². The van der Waals surface area contributed by atoms with Crippen molar-refractivity contribution in [1.82, 2.24) is 15.0 Å². The molecule has 1 unspecified atom stereocenters. The number of aliphatic carboxylic acids is 1. The summed E-state index contributed by atoms with van der Waals surface area (Å²) < 4.78 is 92.7. The number of hydrogen-bond donors (Lipinski definition) is 2. The van der Waals surface area contributed by atoms with Gasteiger partial charge in [-0.25, -0.2) is 26.6 Å². The summed E-state index contributed by atoms with van der Waals surface area (Å²) in [7, 11) is 1.21. The van der Waals surface area contributed by atoms with Crippen molar-refractivity contribution in [2.75, 3.05) is 13.7 Å². The number of nitrogens with zero attached hydrogens (tertiary/aromatic N) is 3. The van der Waals surface area contributed by atoms with Gasteiger partial charge < -0.3 is 29.2 Å². The number of esters is 2. The molecule has 1 aromatic heterocycles. The topological polar surface area (TPSA) is 159 Å². The third-order valence-electron chi connectivity index (χ3n) is 7.57. The van der Waals surface area contributed by atoms with Gasteiger partial charge in [-0.3, -0.25) is 14.4 Å². The van der Waals surface area contributed by atoms with Crippen LogP contribution in [-0.4, -0.2) is 97.4 Å². The number of rotatable bonds is 10. The average Bonchev–Trinajstić information content (AvgIpc) is 3.45. The first-order valence-corrected chi connectivity index (χ1v) is 14.5. The lowest BCUT2D eigenvalue weighted by molar-refractivity contribution is -0.208. The second kappa shape index (κ2) is 13.6. The molecule has 6 atom stereocenters. The van der Waals surface area contributed by atoms with Crippen LogP contribution >= 0.6 is 11.8 Å². The Labute approximate surface area is 257 Å². The van der Waals surface area contributed by atoms with Gasteiger partial charge in [-0.15, -0.1) is 16.9 Å². The van der Waals surface area contributed by atoms with E-state index in [-0.39, 0.29) is 11.3 Å². The summed E-state index contributed by atoms with van der Waals surface area (Å²) in [4.78, 5) is 36.3. The van der Waals surface area contributed by atoms with Crippen LogP contribution in [0, 0.1) is 17.5 Å². The number of aromatic nitrogens is 3. The van der Waals surface area contributed by atoms with Crippen molar-refractivity contribution in [3.63, 3.8) is 0 Å². The van der Waals surface area contributed by atoms with Crippen LogP contribution in [0.5, 0.6) is 0 Å². The fourth-order valence-corrected chi connectivity index (χ4v) is 6.85. The summed E-state index contributed by atoms with van der Waals surface area (Å²) in [6.45, 7) is 1.67. The summed E-state index contributed by atoms with van der Waals surface area (Å²) in [6, 6.07) is 0.131. The fourth-order valence-electron chi connectivity index (χ4n) is 5.34. The Hall–Kier alpha value is -3.35. The summed E-state index contributed by atoms with van der Waals surface area (Å²) in [5.74, 6) is -10.8. The van der Waals surface area contributed by atoms with E-state index in [1.165, 1.54) is 13.3 Å². The van der Waals surface area contributed by atoms with Crippen molar-refractivity contribution in [3.05, 3.63) is 35.8 Å². The van der Waals surface area contributed by atoms with Crippen molar-refractivity contribution < 1.29 is 65.5 Å². The Bertz CT molecular complexity index is 1400. The highest BCUT2D eigenvalue weighted by atomic mass is 32.2. The Morgan fingerprint density at radius 2 is 1.71 bits per heavy atom. The molecule has 1 saturated carbocycles. The minimum atomic E-state index is -3.07. The lowest BCUT2D eigenvalue weighted by Crippen LogP contribution is -2.59. The van der Waals surface area contributed by atoms with E-state index in [4.69, 9.17) is 18.9 Å². The molecule has 0 spiro atoms. The van der Waals surface area contributed by atoms with Crippen molar-refractivity contribution >= 4 is 29.7 Å². The number of halogens is 5. The van der Waals surface area contributed by atoms with E-state index in [1.807, 2.05) is 0 Å². The molecule has 2 heterocycles. The molecule has 45 heavy (non-hydrogen) atoms. The van der Waals surface area contributed by atoms with Crippen LogP contribution in [0.1, 0.15) is 45.6 Å². The summed E-state index contributed by atoms with van der Waals surface area (Å²) in [5.41, 5.74) is -3.75. The van der Waals surface area contributed by atoms with Crippen LogP contribution in [0.25, 0.3) is 11.3 Å². The maximum absolute atomic E-state index is 14.0. The number of hydrogen-bond acceptors (Lipinski definition) is 11. The van der Waals surface area contributed by atoms with Gasteiger partial charge in [0.05, 0.1) is 11.8 Å². The number of ether oxygens (including phenoxy) is 4. The first kappa shape index (κ1) is 34.5. The highest BCUT2D eigenvalue weighted by molar-refractivity contribution is 8.01. The largest absolute Gasteiger partial charge is 0.480 e. The standard InChI is InChI=1S/C27H30F5N3O9S/c1-12(36)42-11-18-21(43-13(2)37)20(35-10-17(33-34-35)14-8-15(28)19(30)16(29)9-14)22(41-3)25(44-18)45-23(24(38)39)26(40)4-6-27(31,32)7-5-26/h8-10,18,20-23,25,40H,4-7,11H2,1-3H3,(H,38,39)/t18-,20+,21+,22-,23?,25+/m1/s1. The zero-order chi connectivity index (χ0) is 33.3. The van der Waals surface area contributed by atoms with Gasteiger partial charge in [0, 0.05) is 39.4 Å². The highest BCUT2D eigenvalue weighted by Gasteiger charge is 2.55. The maximum Gasteiger partial charge on any atom is 0.319 e. The molecule has 18 heteroatoms. The lowest BCUT2D eigenvalue weighted by atomic mass is 9.80. The Morgan fingerprint density at radius 1 is 1.09 bits per heavy atom. The molecule has 2 aliphatic rings. The third-order valence-corrected chi connectivity index (χ3v) is 9.13. The van der Waals surface area contributed by atoms with E-state index in [2.05, 4.69) is 10.3 Å². The van der Waals surface area contributed by atoms with Gasteiger partial charge in [-0.2, -0.15) is 0 Å². The molecule has 4 rings (SSSR count). The average molecular weight is 668 g/mol. The number of carboxylic acid groups (broad SMARTS) is 1. The van der Waals surface area contributed by atoms with Crippen molar-refractivity contribution in [3.8, 4) is 11.3 Å². The zero-order valence-corrected chi connectivity index (χ0v) is 24.9. The normalized spacial score (nSPS) is 26.6. The van der Waals surface area contributed by atoms with E-state index in [0.717, 1.165) is 18.5 Å². The molecule has 1 aromatic carbocycles. The highest BCUT2D eigenvalue weighted by Crippen LogP contribution is 2.47. The summed E-state index contributed by atoms with van der Waals surface area (Å²) in [6.07, 6.45) is -5.26. The number of carbonyl (C=O) groups is 3. The van der Waals surface area contributed by atoms with Gasteiger partial charge in [-0.1, -0.05) is 5.21 Å². The third kappa shape index (κ3) is 7.73. The Morgan fingerprint density at radius 3 is 2.24 bits per heavy atom. The van der Waals surface area contributed by atoms with Gasteiger partial charge in [0.2, 0.25) is 5.92 Å². The molecule has 0 radical (unpaired) electrons. The van der Waals surface area contributed by atoms with Gasteiger partial charge in [0.15, 0.2) is 23.6 Å². The monoisotopic (exact) mass is 667 g/mol. The predicted octanol–water partition coefficient (Wildman–Crippen LogP) is 3.27. The molecular weight excluding hydrogens is 637 g/mol. The number of benzene rings is 1. The van der Waals surface area contributed by atoms with Crippen LogP contribution < -0.4 is 0 Å². The molecule has 1 aliphatic carbocycles. The molecular formula is C27H30F5N3O9S. The second-order valence-electron chi connectivity index (χ2n) is 10.8. The smallest absolute Gasteiger partial charge is 0.319 e. The van der Waals surface area contributed by atoms with Gasteiger partial charge >= 0.3 is 17.9 Å². The first-order valence-electron chi connectivity index (χ1n) is 13.6. The molecule has 1 saturated heterocycles. The van der Waals surface area contributed by atoms with Crippen LogP contribution in [0.2, 0.25) is 0 Å². The quantitative estimate of drug-likeness (QED) is 0.217. The summed E-state index contributed by atoms with van der Waals surface area (Å²) in [5, 5.41) is 27.5. The SMILES string of the molecule is CO[C@@H]1[C@@H](n2cc(-c3cc(F)c(F)c(F)c3)nn2)[C@@H](OC(C)=O)[C@@H](COC(C)=O)O[C@H]1SC(C(=O)O)C1(O)CCC(F)(F)CC1. The predicted molar refractivity (Wildman–Crippen MR) is 143 cm³/mol. The lowest BCUT2D eigenvalue weighted by Gasteiger charge is -2.47. The number of alkyl halides is 2. The van der Waals surface area contributed by atoms with Crippen molar-refractivity contribution in [2.45, 2.75) is 86.1 Å². The molecule has 2 fully saturated rings. The Kier molecular flexibility index (Phi) is 10.4. The minimum absolute atomic E-state index is 0.141. The number of thioether (sulfide) groups is 1. The molecule has 0 bridgehead atoms. The molecule has 248 valence electrons. The van der Waals surface area contributed by atoms with E-state index in [1.54, 1.807) is 0 Å². The zero-order valence-electron chi connectivity index (χ0n) is 24.1. The Balaban J connectivity index is 1.76. The number of methoxy groups -OCH3 is 1. The van der Waals surface area contributed by atoms with Crippen LogP contribution in [-0.2, 0) is 33.3 Å².